The summed E-state index contributed by atoms with van der Waals surface area (Å²) in [6, 6.07) is 7.20. The van der Waals surface area contributed by atoms with Gasteiger partial charge in [0.15, 0.2) is 0 Å². The number of benzene rings is 1. The Kier molecular flexibility index (Phi) is 4.29. The van der Waals surface area contributed by atoms with Crippen LogP contribution in [0.4, 0.5) is 5.69 Å². The molecule has 6 nitrogen and oxygen atoms in total. The van der Waals surface area contributed by atoms with Crippen molar-refractivity contribution in [1.29, 1.82) is 0 Å². The van der Waals surface area contributed by atoms with Crippen LogP contribution < -0.4 is 10.1 Å². The molecule has 0 aromatic heterocycles. The van der Waals surface area contributed by atoms with Crippen LogP contribution in [0.3, 0.4) is 0 Å². The maximum absolute atomic E-state index is 12.3. The third kappa shape index (κ3) is 3.22. The molecular formula is C16H20N2O4. The molecule has 2 unspecified atom stereocenters. The molecule has 0 bridgehead atoms. The third-order valence-electron chi connectivity index (χ3n) is 4.10. The zero-order chi connectivity index (χ0) is 15.5. The summed E-state index contributed by atoms with van der Waals surface area (Å²) in [7, 11) is 1.58. The van der Waals surface area contributed by atoms with E-state index in [0.29, 0.717) is 44.2 Å². The van der Waals surface area contributed by atoms with Crippen molar-refractivity contribution >= 4 is 17.5 Å². The van der Waals surface area contributed by atoms with E-state index in [4.69, 9.17) is 9.47 Å². The summed E-state index contributed by atoms with van der Waals surface area (Å²) in [5.41, 5.74) is 0.689. The van der Waals surface area contributed by atoms with Gasteiger partial charge in [0.05, 0.1) is 32.2 Å². The van der Waals surface area contributed by atoms with Gasteiger partial charge in [0.2, 0.25) is 11.8 Å². The van der Waals surface area contributed by atoms with Gasteiger partial charge in [0, 0.05) is 24.8 Å². The average Bonchev–Trinajstić information content (AvgIpc) is 3.36. The number of morpholine rings is 1. The molecule has 1 N–H and O–H groups in total. The Labute approximate surface area is 129 Å². The van der Waals surface area contributed by atoms with Crippen molar-refractivity contribution in [2.24, 2.45) is 11.8 Å². The lowest BCUT2D eigenvalue weighted by atomic mass is 10.2. The molecule has 1 aromatic carbocycles. The number of rotatable bonds is 4. The van der Waals surface area contributed by atoms with Gasteiger partial charge < -0.3 is 19.7 Å². The van der Waals surface area contributed by atoms with Crippen LogP contribution in [0.2, 0.25) is 0 Å². The van der Waals surface area contributed by atoms with Crippen LogP contribution in [0.5, 0.6) is 5.75 Å². The second kappa shape index (κ2) is 6.36. The highest BCUT2D eigenvalue weighted by Gasteiger charge is 2.49. The first-order valence-corrected chi connectivity index (χ1v) is 7.50. The Hall–Kier alpha value is -2.08. The number of carbonyl (C=O) groups is 2. The van der Waals surface area contributed by atoms with Crippen molar-refractivity contribution < 1.29 is 19.1 Å². The molecule has 1 aromatic rings. The second-order valence-electron chi connectivity index (χ2n) is 5.61. The molecule has 2 aliphatic rings. The molecule has 118 valence electrons. The number of nitrogens with zero attached hydrogens (tertiary/aromatic N) is 1. The van der Waals surface area contributed by atoms with E-state index in [1.165, 1.54) is 0 Å². The minimum atomic E-state index is -0.221. The van der Waals surface area contributed by atoms with E-state index in [1.54, 1.807) is 18.1 Å². The highest BCUT2D eigenvalue weighted by atomic mass is 16.5. The highest BCUT2D eigenvalue weighted by Crippen LogP contribution is 2.41. The Bertz CT molecular complexity index is 569. The second-order valence-corrected chi connectivity index (χ2v) is 5.61. The lowest BCUT2D eigenvalue weighted by molar-refractivity contribution is -0.137. The van der Waals surface area contributed by atoms with Crippen LogP contribution in [0.25, 0.3) is 0 Å². The minimum absolute atomic E-state index is 0.0779. The van der Waals surface area contributed by atoms with E-state index in [1.807, 2.05) is 18.2 Å². The van der Waals surface area contributed by atoms with Gasteiger partial charge in [-0.3, -0.25) is 9.59 Å². The maximum Gasteiger partial charge on any atom is 0.228 e. The van der Waals surface area contributed by atoms with E-state index >= 15 is 0 Å². The largest absolute Gasteiger partial charge is 0.497 e. The van der Waals surface area contributed by atoms with Crippen molar-refractivity contribution in [2.45, 2.75) is 6.42 Å². The molecule has 3 rings (SSSR count). The molecule has 2 amide bonds. The summed E-state index contributed by atoms with van der Waals surface area (Å²) in [6.07, 6.45) is 0.631. The zero-order valence-corrected chi connectivity index (χ0v) is 12.6. The number of nitrogens with one attached hydrogen (secondary N) is 1. The maximum atomic E-state index is 12.3. The fourth-order valence-electron chi connectivity index (χ4n) is 2.71. The zero-order valence-electron chi connectivity index (χ0n) is 12.6. The standard InChI is InChI=1S/C16H20N2O4/c1-21-12-4-2-3-11(9-12)17-15(19)13-10-14(13)16(20)18-5-7-22-8-6-18/h2-4,9,13-14H,5-8,10H2,1H3,(H,17,19). The molecular weight excluding hydrogens is 284 g/mol. The summed E-state index contributed by atoms with van der Waals surface area (Å²) >= 11 is 0. The number of amides is 2. The van der Waals surface area contributed by atoms with Gasteiger partial charge in [-0.05, 0) is 18.6 Å². The fraction of sp³-hybridized carbons (Fsp3) is 0.500. The molecule has 0 radical (unpaired) electrons. The average molecular weight is 304 g/mol. The third-order valence-corrected chi connectivity index (χ3v) is 4.10. The van der Waals surface area contributed by atoms with Crippen LogP contribution >= 0.6 is 0 Å². The van der Waals surface area contributed by atoms with Crippen molar-refractivity contribution in [3.63, 3.8) is 0 Å². The van der Waals surface area contributed by atoms with Gasteiger partial charge in [-0.15, -0.1) is 0 Å². The number of anilines is 1. The van der Waals surface area contributed by atoms with E-state index in [9.17, 15) is 9.59 Å². The number of ether oxygens (including phenoxy) is 2. The Morgan fingerprint density at radius 2 is 2.05 bits per heavy atom. The van der Waals surface area contributed by atoms with Crippen LogP contribution in [0.15, 0.2) is 24.3 Å². The van der Waals surface area contributed by atoms with E-state index in [-0.39, 0.29) is 23.7 Å². The normalized spacial score (nSPS) is 23.8. The fourth-order valence-corrected chi connectivity index (χ4v) is 2.71. The van der Waals surface area contributed by atoms with Crippen LogP contribution in [-0.2, 0) is 14.3 Å². The molecule has 0 spiro atoms. The first-order chi connectivity index (χ1) is 10.7. The smallest absolute Gasteiger partial charge is 0.228 e. The topological polar surface area (TPSA) is 67.9 Å². The number of methoxy groups -OCH3 is 1. The predicted molar refractivity (Wildman–Crippen MR) is 80.6 cm³/mol. The van der Waals surface area contributed by atoms with Crippen LogP contribution in [-0.4, -0.2) is 50.1 Å². The molecule has 2 atom stereocenters. The Morgan fingerprint density at radius 3 is 2.77 bits per heavy atom. The van der Waals surface area contributed by atoms with Gasteiger partial charge in [-0.25, -0.2) is 0 Å². The number of hydrogen-bond donors (Lipinski definition) is 1. The molecule has 22 heavy (non-hydrogen) atoms. The van der Waals surface area contributed by atoms with E-state index in [2.05, 4.69) is 5.32 Å². The molecule has 1 saturated carbocycles. The Morgan fingerprint density at radius 1 is 1.27 bits per heavy atom. The number of hydrogen-bond acceptors (Lipinski definition) is 4. The first kappa shape index (κ1) is 14.8. The predicted octanol–water partition coefficient (Wildman–Crippen LogP) is 1.13. The lowest BCUT2D eigenvalue weighted by Crippen LogP contribution is -2.42. The molecule has 2 fully saturated rings. The van der Waals surface area contributed by atoms with Crippen LogP contribution in [0, 0.1) is 11.8 Å². The molecule has 1 aliphatic heterocycles. The monoisotopic (exact) mass is 304 g/mol. The number of carbonyl (C=O) groups excluding carboxylic acids is 2. The van der Waals surface area contributed by atoms with Crippen molar-refractivity contribution in [3.05, 3.63) is 24.3 Å². The molecule has 6 heteroatoms. The molecule has 1 heterocycles. The first-order valence-electron chi connectivity index (χ1n) is 7.50. The summed E-state index contributed by atoms with van der Waals surface area (Å²) in [4.78, 5) is 26.3. The molecule has 1 aliphatic carbocycles. The SMILES string of the molecule is COc1cccc(NC(=O)C2CC2C(=O)N2CCOCC2)c1. The van der Waals surface area contributed by atoms with Crippen molar-refractivity contribution in [3.8, 4) is 5.75 Å². The van der Waals surface area contributed by atoms with E-state index in [0.717, 1.165) is 0 Å². The summed E-state index contributed by atoms with van der Waals surface area (Å²) in [6.45, 7) is 2.41. The molecule has 1 saturated heterocycles. The Balaban J connectivity index is 1.54. The summed E-state index contributed by atoms with van der Waals surface area (Å²) in [5, 5.41) is 2.85. The van der Waals surface area contributed by atoms with Gasteiger partial charge >= 0.3 is 0 Å². The van der Waals surface area contributed by atoms with Crippen molar-refractivity contribution in [2.75, 3.05) is 38.7 Å². The van der Waals surface area contributed by atoms with Gasteiger partial charge in [0.25, 0.3) is 0 Å². The van der Waals surface area contributed by atoms with Gasteiger partial charge in [-0.2, -0.15) is 0 Å². The van der Waals surface area contributed by atoms with Crippen LogP contribution in [0.1, 0.15) is 6.42 Å². The van der Waals surface area contributed by atoms with E-state index < -0.39 is 0 Å². The highest BCUT2D eigenvalue weighted by molar-refractivity contribution is 5.99. The minimum Gasteiger partial charge on any atom is -0.497 e. The van der Waals surface area contributed by atoms with Gasteiger partial charge in [-0.1, -0.05) is 6.07 Å². The van der Waals surface area contributed by atoms with Crippen molar-refractivity contribution in [1.82, 2.24) is 4.90 Å². The van der Waals surface area contributed by atoms with Gasteiger partial charge in [0.1, 0.15) is 5.75 Å². The summed E-state index contributed by atoms with van der Waals surface area (Å²) < 4.78 is 10.4. The quantitative estimate of drug-likeness (QED) is 0.905. The lowest BCUT2D eigenvalue weighted by Gasteiger charge is -2.27. The summed E-state index contributed by atoms with van der Waals surface area (Å²) in [5.74, 6) is 0.272.